The molecule has 0 amide bonds. The molecule has 6 nitrogen and oxygen atoms in total. The first kappa shape index (κ1) is 23.8. The highest BCUT2D eigenvalue weighted by Gasteiger charge is 2.32. The molecule has 0 aliphatic rings. The minimum absolute atomic E-state index is 0.0307. The molecule has 1 atom stereocenters. The van der Waals surface area contributed by atoms with Gasteiger partial charge in [0.05, 0.1) is 27.5 Å². The van der Waals surface area contributed by atoms with E-state index in [1.54, 1.807) is 24.3 Å². The average molecular weight is 480 g/mol. The number of rotatable bonds is 7. The molecule has 1 heterocycles. The summed E-state index contributed by atoms with van der Waals surface area (Å²) in [5, 5.41) is 0.449. The molecule has 0 spiro atoms. The quantitative estimate of drug-likeness (QED) is 0.380. The lowest BCUT2D eigenvalue weighted by molar-refractivity contribution is 0.347. The maximum absolute atomic E-state index is 13.6. The Kier molecular flexibility index (Phi) is 6.63. The van der Waals surface area contributed by atoms with E-state index in [0.29, 0.717) is 28.8 Å². The van der Waals surface area contributed by atoms with Gasteiger partial charge in [0.2, 0.25) is 10.0 Å². The lowest BCUT2D eigenvalue weighted by Gasteiger charge is -2.28. The normalized spacial score (nSPS) is 12.9. The lowest BCUT2D eigenvalue weighted by atomic mass is 10.1. The summed E-state index contributed by atoms with van der Waals surface area (Å²) < 4.78 is 42.9. The number of aromatic nitrogens is 2. The van der Waals surface area contributed by atoms with Crippen LogP contribution in [0.3, 0.4) is 0 Å². The second kappa shape index (κ2) is 9.48. The summed E-state index contributed by atoms with van der Waals surface area (Å²) >= 11 is 0. The molecule has 4 aromatic rings. The molecule has 1 unspecified atom stereocenters. The predicted octanol–water partition coefficient (Wildman–Crippen LogP) is 4.86. The number of halogens is 1. The maximum atomic E-state index is 13.6. The van der Waals surface area contributed by atoms with Crippen molar-refractivity contribution in [3.8, 4) is 5.69 Å². The second-order valence-electron chi connectivity index (χ2n) is 8.05. The van der Waals surface area contributed by atoms with Crippen molar-refractivity contribution < 1.29 is 12.8 Å². The fourth-order valence-electron chi connectivity index (χ4n) is 4.05. The Bertz CT molecular complexity index is 1480. The van der Waals surface area contributed by atoms with Crippen LogP contribution in [0.2, 0.25) is 0 Å². The second-order valence-corrected chi connectivity index (χ2v) is 10.0. The molecular weight excluding hydrogens is 453 g/mol. The van der Waals surface area contributed by atoms with E-state index >= 15 is 0 Å². The van der Waals surface area contributed by atoms with Gasteiger partial charge in [-0.15, -0.1) is 0 Å². The van der Waals surface area contributed by atoms with Crippen LogP contribution in [-0.2, 0) is 16.4 Å². The Labute approximate surface area is 198 Å². The molecule has 0 bridgehead atoms. The van der Waals surface area contributed by atoms with Crippen molar-refractivity contribution in [2.45, 2.75) is 37.6 Å². The van der Waals surface area contributed by atoms with Gasteiger partial charge in [-0.25, -0.2) is 17.8 Å². The van der Waals surface area contributed by atoms with E-state index in [-0.39, 0.29) is 10.5 Å². The fourth-order valence-corrected chi connectivity index (χ4v) is 5.44. The zero-order valence-electron chi connectivity index (χ0n) is 19.3. The summed E-state index contributed by atoms with van der Waals surface area (Å²) in [6.45, 7) is 3.89. The van der Waals surface area contributed by atoms with Crippen molar-refractivity contribution in [2.75, 3.05) is 7.05 Å². The van der Waals surface area contributed by atoms with Gasteiger partial charge in [-0.05, 0) is 66.9 Å². The van der Waals surface area contributed by atoms with Crippen LogP contribution in [0.4, 0.5) is 4.39 Å². The minimum Gasteiger partial charge on any atom is -0.268 e. The Morgan fingerprint density at radius 2 is 1.62 bits per heavy atom. The molecule has 0 N–H and O–H groups in total. The minimum atomic E-state index is -3.98. The van der Waals surface area contributed by atoms with Crippen molar-refractivity contribution in [1.29, 1.82) is 0 Å². The summed E-state index contributed by atoms with van der Waals surface area (Å²) in [6, 6.07) is 18.6. The maximum Gasteiger partial charge on any atom is 0.266 e. The van der Waals surface area contributed by atoms with E-state index in [1.807, 2.05) is 38.1 Å². The zero-order chi connectivity index (χ0) is 24.5. The van der Waals surface area contributed by atoms with Crippen molar-refractivity contribution in [3.63, 3.8) is 0 Å². The molecule has 0 saturated carbocycles. The van der Waals surface area contributed by atoms with E-state index in [9.17, 15) is 17.6 Å². The van der Waals surface area contributed by atoms with Crippen LogP contribution in [-0.4, -0.2) is 29.3 Å². The number of fused-ring (bicyclic) bond motifs is 1. The lowest BCUT2D eigenvalue weighted by Crippen LogP contribution is -2.36. The van der Waals surface area contributed by atoms with Crippen molar-refractivity contribution in [2.24, 2.45) is 0 Å². The van der Waals surface area contributed by atoms with Gasteiger partial charge >= 0.3 is 0 Å². The number of nitrogens with zero attached hydrogens (tertiary/aromatic N) is 3. The van der Waals surface area contributed by atoms with Crippen LogP contribution in [0.15, 0.2) is 82.5 Å². The molecule has 3 aromatic carbocycles. The van der Waals surface area contributed by atoms with Crippen LogP contribution < -0.4 is 5.56 Å². The molecule has 0 fully saturated rings. The first-order chi connectivity index (χ1) is 16.3. The summed E-state index contributed by atoms with van der Waals surface area (Å²) in [7, 11) is -2.52. The molecular formula is C26H26FN3O3S. The molecule has 0 aliphatic heterocycles. The molecule has 0 saturated heterocycles. The largest absolute Gasteiger partial charge is 0.268 e. The summed E-state index contributed by atoms with van der Waals surface area (Å²) in [5.41, 5.74) is 1.96. The Hall–Kier alpha value is -3.36. The summed E-state index contributed by atoms with van der Waals surface area (Å²) in [4.78, 5) is 18.4. The Morgan fingerprint density at radius 1 is 0.971 bits per heavy atom. The number of para-hydroxylation sites is 1. The van der Waals surface area contributed by atoms with E-state index in [1.165, 1.54) is 28.1 Å². The third-order valence-electron chi connectivity index (χ3n) is 6.02. The molecule has 34 heavy (non-hydrogen) atoms. The number of aryl methyl sites for hydroxylation is 1. The summed E-state index contributed by atoms with van der Waals surface area (Å²) in [5.74, 6) is -0.196. The van der Waals surface area contributed by atoms with Gasteiger partial charge in [0.25, 0.3) is 5.56 Å². The van der Waals surface area contributed by atoms with Crippen LogP contribution in [0.1, 0.15) is 37.7 Å². The number of hydrogen-bond acceptors (Lipinski definition) is 4. The van der Waals surface area contributed by atoms with Crippen LogP contribution in [0.5, 0.6) is 0 Å². The highest BCUT2D eigenvalue weighted by Crippen LogP contribution is 2.29. The van der Waals surface area contributed by atoms with E-state index in [0.717, 1.165) is 24.1 Å². The molecule has 8 heteroatoms. The van der Waals surface area contributed by atoms with E-state index < -0.39 is 21.9 Å². The monoisotopic (exact) mass is 479 g/mol. The predicted molar refractivity (Wildman–Crippen MR) is 131 cm³/mol. The van der Waals surface area contributed by atoms with Crippen LogP contribution >= 0.6 is 0 Å². The zero-order valence-corrected chi connectivity index (χ0v) is 20.1. The van der Waals surface area contributed by atoms with Gasteiger partial charge in [-0.3, -0.25) is 9.36 Å². The third-order valence-corrected chi connectivity index (χ3v) is 7.90. The topological polar surface area (TPSA) is 72.3 Å². The third kappa shape index (κ3) is 4.26. The molecule has 0 radical (unpaired) electrons. The molecule has 0 aliphatic carbocycles. The first-order valence-electron chi connectivity index (χ1n) is 11.1. The van der Waals surface area contributed by atoms with Crippen LogP contribution in [0.25, 0.3) is 16.6 Å². The van der Waals surface area contributed by atoms with Crippen LogP contribution in [0, 0.1) is 5.82 Å². The average Bonchev–Trinajstić information content (AvgIpc) is 2.85. The number of benzene rings is 3. The molecule has 1 aromatic heterocycles. The Balaban J connectivity index is 1.93. The van der Waals surface area contributed by atoms with Gasteiger partial charge < -0.3 is 0 Å². The number of hydrogen-bond donors (Lipinski definition) is 0. The highest BCUT2D eigenvalue weighted by molar-refractivity contribution is 7.89. The fraction of sp³-hybridized carbons (Fsp3) is 0.231. The smallest absolute Gasteiger partial charge is 0.266 e. The van der Waals surface area contributed by atoms with Gasteiger partial charge in [-0.2, -0.15) is 4.31 Å². The van der Waals surface area contributed by atoms with Crippen molar-refractivity contribution in [3.05, 3.63) is 100 Å². The highest BCUT2D eigenvalue weighted by atomic mass is 32.2. The van der Waals surface area contributed by atoms with Crippen molar-refractivity contribution >= 4 is 20.9 Å². The number of sulfonamides is 1. The van der Waals surface area contributed by atoms with E-state index in [2.05, 4.69) is 0 Å². The van der Waals surface area contributed by atoms with Crippen molar-refractivity contribution in [1.82, 2.24) is 13.9 Å². The molecule has 176 valence electrons. The van der Waals surface area contributed by atoms with Gasteiger partial charge in [0.1, 0.15) is 11.6 Å². The molecule has 4 rings (SSSR count). The first-order valence-corrected chi connectivity index (χ1v) is 12.6. The summed E-state index contributed by atoms with van der Waals surface area (Å²) in [6.07, 6.45) is 1.23. The van der Waals surface area contributed by atoms with Gasteiger partial charge in [-0.1, -0.05) is 38.1 Å². The van der Waals surface area contributed by atoms with E-state index in [4.69, 9.17) is 4.98 Å². The Morgan fingerprint density at radius 3 is 2.24 bits per heavy atom. The SMILES string of the molecule is CCc1ccc(-n2c(C(CC)N(C)S(=O)(=O)c3ccc(F)cc3)nc3ccccc3c2=O)cc1. The van der Waals surface area contributed by atoms with Gasteiger partial charge in [0.15, 0.2) is 0 Å². The standard InChI is InChI=1S/C26H26FN3O3S/c1-4-18-10-14-20(15-11-18)30-25(28-23-9-7-6-8-22(23)26(30)31)24(5-2)29(3)34(32,33)21-16-12-19(27)13-17-21/h6-17,24H,4-5H2,1-3H3. The van der Waals surface area contributed by atoms with Gasteiger partial charge in [0, 0.05) is 7.05 Å².